The molecular formula is C16H16N2O4S. The first-order valence-electron chi connectivity index (χ1n) is 7.08. The zero-order chi connectivity index (χ0) is 16.4. The molecule has 1 aliphatic rings. The van der Waals surface area contributed by atoms with Crippen LogP contribution in [0.4, 0.5) is 10.5 Å². The smallest absolute Gasteiger partial charge is 0.319 e. The van der Waals surface area contributed by atoms with Crippen LogP contribution in [-0.4, -0.2) is 20.9 Å². The Morgan fingerprint density at radius 2 is 1.87 bits per heavy atom. The number of carbonyl (C=O) groups is 1. The van der Waals surface area contributed by atoms with Gasteiger partial charge in [-0.05, 0) is 37.3 Å². The Morgan fingerprint density at radius 3 is 2.57 bits per heavy atom. The summed E-state index contributed by atoms with van der Waals surface area (Å²) in [6, 6.07) is 13.1. The number of carbonyl (C=O) groups excluding carboxylic acids is 1. The van der Waals surface area contributed by atoms with Crippen molar-refractivity contribution in [3.05, 3.63) is 54.1 Å². The van der Waals surface area contributed by atoms with Crippen molar-refractivity contribution < 1.29 is 18.3 Å². The van der Waals surface area contributed by atoms with Gasteiger partial charge in [-0.1, -0.05) is 18.2 Å². The molecule has 120 valence electrons. The Kier molecular flexibility index (Phi) is 4.31. The molecule has 0 aliphatic carbocycles. The number of rotatable bonds is 3. The molecule has 7 heteroatoms. The first kappa shape index (κ1) is 15.5. The van der Waals surface area contributed by atoms with E-state index in [9.17, 15) is 9.00 Å². The van der Waals surface area contributed by atoms with Gasteiger partial charge in [0.05, 0.1) is 10.9 Å². The van der Waals surface area contributed by atoms with Crippen molar-refractivity contribution in [1.82, 2.24) is 5.32 Å². The second-order valence-corrected chi connectivity index (χ2v) is 6.18. The van der Waals surface area contributed by atoms with E-state index in [4.69, 9.17) is 9.29 Å². The van der Waals surface area contributed by atoms with Crippen molar-refractivity contribution in [3.63, 3.8) is 0 Å². The second kappa shape index (κ2) is 6.39. The van der Waals surface area contributed by atoms with Gasteiger partial charge in [-0.15, -0.1) is 0 Å². The highest BCUT2D eigenvalue weighted by atomic mass is 32.2. The van der Waals surface area contributed by atoms with Crippen molar-refractivity contribution in [3.8, 4) is 5.75 Å². The van der Waals surface area contributed by atoms with E-state index in [0.717, 1.165) is 11.3 Å². The standard InChI is InChI=1S/C16H16N2O4S/c1-10-15(13-4-2-3-5-14(13)22-10)18-16(19)17-11-6-8-12(9-7-11)23(20)21/h2-10,15H,1H3,(H,20,21)(H2,17,18,19). The topological polar surface area (TPSA) is 87.7 Å². The average molecular weight is 332 g/mol. The monoisotopic (exact) mass is 332 g/mol. The minimum atomic E-state index is -2.03. The summed E-state index contributed by atoms with van der Waals surface area (Å²) in [5.74, 6) is 0.778. The van der Waals surface area contributed by atoms with Crippen LogP contribution in [-0.2, 0) is 11.1 Å². The number of hydrogen-bond acceptors (Lipinski definition) is 3. The third kappa shape index (κ3) is 3.35. The van der Waals surface area contributed by atoms with Crippen LogP contribution < -0.4 is 15.4 Å². The SMILES string of the molecule is CC1Oc2ccccc2C1NC(=O)Nc1ccc(S(=O)O)cc1. The van der Waals surface area contributed by atoms with E-state index in [1.54, 1.807) is 12.1 Å². The van der Waals surface area contributed by atoms with Crippen LogP contribution in [0.15, 0.2) is 53.4 Å². The fourth-order valence-electron chi connectivity index (χ4n) is 2.52. The van der Waals surface area contributed by atoms with Crippen LogP contribution in [0, 0.1) is 0 Å². The van der Waals surface area contributed by atoms with Gasteiger partial charge >= 0.3 is 6.03 Å². The molecule has 1 heterocycles. The molecule has 0 bridgehead atoms. The van der Waals surface area contributed by atoms with Crippen molar-refractivity contribution in [2.45, 2.75) is 24.0 Å². The van der Waals surface area contributed by atoms with Gasteiger partial charge in [-0.3, -0.25) is 0 Å². The summed E-state index contributed by atoms with van der Waals surface area (Å²) in [6.45, 7) is 1.90. The minimum absolute atomic E-state index is 0.155. The predicted octanol–water partition coefficient (Wildman–Crippen LogP) is 2.91. The Morgan fingerprint density at radius 1 is 1.17 bits per heavy atom. The van der Waals surface area contributed by atoms with E-state index in [0.29, 0.717) is 5.69 Å². The Bertz CT molecular complexity index is 748. The molecule has 6 nitrogen and oxygen atoms in total. The highest BCUT2D eigenvalue weighted by molar-refractivity contribution is 7.79. The van der Waals surface area contributed by atoms with Gasteiger partial charge in [0.25, 0.3) is 0 Å². The van der Waals surface area contributed by atoms with E-state index in [-0.39, 0.29) is 23.1 Å². The zero-order valence-electron chi connectivity index (χ0n) is 12.4. The molecule has 0 fully saturated rings. The number of amides is 2. The van der Waals surface area contributed by atoms with E-state index in [1.165, 1.54) is 12.1 Å². The summed E-state index contributed by atoms with van der Waals surface area (Å²) < 4.78 is 25.6. The molecule has 0 aromatic heterocycles. The lowest BCUT2D eigenvalue weighted by Gasteiger charge is -2.17. The average Bonchev–Trinajstić information content (AvgIpc) is 2.84. The van der Waals surface area contributed by atoms with Crippen molar-refractivity contribution in [2.24, 2.45) is 0 Å². The molecule has 2 amide bonds. The van der Waals surface area contributed by atoms with Crippen LogP contribution >= 0.6 is 0 Å². The highest BCUT2D eigenvalue weighted by Crippen LogP contribution is 2.36. The molecule has 3 atom stereocenters. The van der Waals surface area contributed by atoms with Crippen LogP contribution in [0.3, 0.4) is 0 Å². The Hall–Kier alpha value is -2.38. The summed E-state index contributed by atoms with van der Waals surface area (Å²) in [7, 11) is 0. The third-order valence-corrected chi connectivity index (χ3v) is 4.31. The first-order valence-corrected chi connectivity index (χ1v) is 8.19. The maximum absolute atomic E-state index is 12.2. The summed E-state index contributed by atoms with van der Waals surface area (Å²) in [4.78, 5) is 12.4. The zero-order valence-corrected chi connectivity index (χ0v) is 13.2. The molecule has 0 saturated carbocycles. The quantitative estimate of drug-likeness (QED) is 0.754. The number of urea groups is 1. The molecule has 3 N–H and O–H groups in total. The molecule has 2 aromatic carbocycles. The largest absolute Gasteiger partial charge is 0.488 e. The van der Waals surface area contributed by atoms with Crippen molar-refractivity contribution in [2.75, 3.05) is 5.32 Å². The summed E-state index contributed by atoms with van der Waals surface area (Å²) >= 11 is -2.03. The van der Waals surface area contributed by atoms with Crippen LogP contribution in [0.25, 0.3) is 0 Å². The van der Waals surface area contributed by atoms with Gasteiger partial charge in [-0.25, -0.2) is 9.00 Å². The van der Waals surface area contributed by atoms with E-state index < -0.39 is 11.1 Å². The molecule has 23 heavy (non-hydrogen) atoms. The second-order valence-electron chi connectivity index (χ2n) is 5.21. The van der Waals surface area contributed by atoms with Gasteiger partial charge in [0, 0.05) is 11.3 Å². The van der Waals surface area contributed by atoms with E-state index in [2.05, 4.69) is 10.6 Å². The molecule has 0 spiro atoms. The normalized spacial score (nSPS) is 20.3. The number of benzene rings is 2. The number of fused-ring (bicyclic) bond motifs is 1. The maximum Gasteiger partial charge on any atom is 0.319 e. The maximum atomic E-state index is 12.2. The number of nitrogens with one attached hydrogen (secondary N) is 2. The van der Waals surface area contributed by atoms with E-state index in [1.807, 2.05) is 31.2 Å². The van der Waals surface area contributed by atoms with Crippen molar-refractivity contribution in [1.29, 1.82) is 0 Å². The molecule has 0 radical (unpaired) electrons. The van der Waals surface area contributed by atoms with Gasteiger partial charge in [-0.2, -0.15) is 0 Å². The van der Waals surface area contributed by atoms with Gasteiger partial charge in [0.2, 0.25) is 0 Å². The predicted molar refractivity (Wildman–Crippen MR) is 86.9 cm³/mol. The lowest BCUT2D eigenvalue weighted by Crippen LogP contribution is -2.36. The van der Waals surface area contributed by atoms with Crippen molar-refractivity contribution >= 4 is 22.8 Å². The van der Waals surface area contributed by atoms with Gasteiger partial charge in [0.15, 0.2) is 11.1 Å². The number of hydrogen-bond donors (Lipinski definition) is 3. The molecule has 0 saturated heterocycles. The van der Waals surface area contributed by atoms with Crippen LogP contribution in [0.1, 0.15) is 18.5 Å². The first-order chi connectivity index (χ1) is 11.0. The van der Waals surface area contributed by atoms with Crippen LogP contribution in [0.2, 0.25) is 0 Å². The lowest BCUT2D eigenvalue weighted by atomic mass is 10.1. The minimum Gasteiger partial charge on any atom is -0.488 e. The van der Waals surface area contributed by atoms with Gasteiger partial charge < -0.3 is 19.9 Å². The van der Waals surface area contributed by atoms with E-state index >= 15 is 0 Å². The molecule has 3 unspecified atom stereocenters. The summed E-state index contributed by atoms with van der Waals surface area (Å²) in [6.07, 6.45) is -0.155. The molecule has 2 aromatic rings. The van der Waals surface area contributed by atoms with Gasteiger partial charge in [0.1, 0.15) is 11.9 Å². The van der Waals surface area contributed by atoms with Crippen LogP contribution in [0.5, 0.6) is 5.75 Å². The highest BCUT2D eigenvalue weighted by Gasteiger charge is 2.31. The lowest BCUT2D eigenvalue weighted by molar-refractivity contribution is 0.204. The fourth-order valence-corrected chi connectivity index (χ4v) is 2.89. The third-order valence-electron chi connectivity index (χ3n) is 3.64. The summed E-state index contributed by atoms with van der Waals surface area (Å²) in [5, 5.41) is 5.59. The molecular weight excluding hydrogens is 316 g/mol. The molecule has 1 aliphatic heterocycles. The Labute approximate surface area is 136 Å². The summed E-state index contributed by atoms with van der Waals surface area (Å²) in [5.41, 5.74) is 1.48. The number of ether oxygens (including phenoxy) is 1. The fraction of sp³-hybridized carbons (Fsp3) is 0.188. The number of anilines is 1. The number of para-hydroxylation sites is 1. The Balaban J connectivity index is 1.67. The molecule has 3 rings (SSSR count).